The van der Waals surface area contributed by atoms with Crippen molar-refractivity contribution in [3.63, 3.8) is 0 Å². The summed E-state index contributed by atoms with van der Waals surface area (Å²) in [6, 6.07) is 11.5. The van der Waals surface area contributed by atoms with Crippen LogP contribution in [0.2, 0.25) is 0 Å². The normalized spacial score (nSPS) is 18.5. The number of hydrogen-bond acceptors (Lipinski definition) is 8. The van der Waals surface area contributed by atoms with Crippen molar-refractivity contribution in [2.24, 2.45) is 5.73 Å². The van der Waals surface area contributed by atoms with E-state index in [-0.39, 0.29) is 35.7 Å². The molecule has 1 unspecified atom stereocenters. The third-order valence-corrected chi connectivity index (χ3v) is 9.98. The van der Waals surface area contributed by atoms with Gasteiger partial charge in [-0.25, -0.2) is 9.78 Å². The fourth-order valence-corrected chi connectivity index (χ4v) is 7.60. The summed E-state index contributed by atoms with van der Waals surface area (Å²) < 4.78 is 5.57. The van der Waals surface area contributed by atoms with Gasteiger partial charge in [0.25, 0.3) is 5.91 Å². The summed E-state index contributed by atoms with van der Waals surface area (Å²) >= 11 is 1.31. The number of nitrogens with one attached hydrogen (secondary N) is 1. The number of carboxylic acids is 1. The van der Waals surface area contributed by atoms with Gasteiger partial charge < -0.3 is 30.3 Å². The van der Waals surface area contributed by atoms with E-state index in [1.54, 1.807) is 29.0 Å². The van der Waals surface area contributed by atoms with Crippen LogP contribution in [0.3, 0.4) is 0 Å². The molecule has 0 radical (unpaired) electrons. The number of carbonyl (C=O) groups is 3. The summed E-state index contributed by atoms with van der Waals surface area (Å²) in [6.45, 7) is 3.09. The maximum absolute atomic E-state index is 14.2. The molecule has 3 aliphatic heterocycles. The average molecular weight is 617 g/mol. The van der Waals surface area contributed by atoms with Crippen molar-refractivity contribution in [1.82, 2.24) is 14.8 Å². The second-order valence-electron chi connectivity index (χ2n) is 11.5. The van der Waals surface area contributed by atoms with Crippen molar-refractivity contribution >= 4 is 40.6 Å². The van der Waals surface area contributed by atoms with Gasteiger partial charge in [0, 0.05) is 56.7 Å². The molecular formula is C32H36N6O5S. The monoisotopic (exact) mass is 616 g/mol. The number of piperidine rings is 1. The van der Waals surface area contributed by atoms with E-state index in [0.29, 0.717) is 43.0 Å². The molecule has 0 saturated carbocycles. The number of carbonyl (C=O) groups excluding carboxylic acids is 2. The number of rotatable bonds is 7. The van der Waals surface area contributed by atoms with Crippen LogP contribution in [-0.2, 0) is 35.3 Å². The van der Waals surface area contributed by atoms with E-state index < -0.39 is 12.0 Å². The maximum atomic E-state index is 14.2. The predicted molar refractivity (Wildman–Crippen MR) is 166 cm³/mol. The molecule has 4 heterocycles. The smallest absolute Gasteiger partial charge is 0.335 e. The first-order chi connectivity index (χ1) is 21.2. The van der Waals surface area contributed by atoms with E-state index in [1.165, 1.54) is 23.5 Å². The number of fused-ring (bicyclic) bond motifs is 2. The number of ketones is 1. The molecule has 4 N–H and O–H groups in total. The van der Waals surface area contributed by atoms with Crippen LogP contribution in [0.4, 0.5) is 5.69 Å². The predicted octanol–water partition coefficient (Wildman–Crippen LogP) is 3.26. The quantitative estimate of drug-likeness (QED) is 0.268. The maximum Gasteiger partial charge on any atom is 0.335 e. The molecule has 0 bridgehead atoms. The highest BCUT2D eigenvalue weighted by molar-refractivity contribution is 7.13. The molecule has 1 atom stereocenters. The molecule has 6 rings (SSSR count). The Balaban J connectivity index is 1.33. The van der Waals surface area contributed by atoms with Gasteiger partial charge in [0.1, 0.15) is 6.04 Å². The van der Waals surface area contributed by atoms with Gasteiger partial charge in [-0.1, -0.05) is 24.3 Å². The Labute approximate surface area is 259 Å². The number of aromatic nitrogens is 1. The lowest BCUT2D eigenvalue weighted by Gasteiger charge is -2.40. The minimum atomic E-state index is -1.03. The first kappa shape index (κ1) is 29.8. The van der Waals surface area contributed by atoms with Crippen LogP contribution in [0.5, 0.6) is 0 Å². The highest BCUT2D eigenvalue weighted by Crippen LogP contribution is 2.39. The Morgan fingerprint density at radius 1 is 1.07 bits per heavy atom. The van der Waals surface area contributed by atoms with Crippen LogP contribution in [0.1, 0.15) is 66.3 Å². The van der Waals surface area contributed by atoms with Gasteiger partial charge in [-0.15, -0.1) is 11.3 Å². The molecule has 44 heavy (non-hydrogen) atoms. The number of benzene rings is 2. The van der Waals surface area contributed by atoms with Gasteiger partial charge >= 0.3 is 5.97 Å². The summed E-state index contributed by atoms with van der Waals surface area (Å²) in [5.41, 5.74) is 10.4. The number of nitrogens with zero attached hydrogens (tertiary/aromatic N) is 4. The highest BCUT2D eigenvalue weighted by atomic mass is 32.1. The molecule has 12 heteroatoms. The summed E-state index contributed by atoms with van der Waals surface area (Å²) in [4.78, 5) is 51.0. The molecule has 1 amide bonds. The van der Waals surface area contributed by atoms with Gasteiger partial charge in [0.15, 0.2) is 16.8 Å². The Hall–Kier alpha value is -4.29. The molecule has 230 valence electrons. The molecular weight excluding hydrogens is 580 g/mol. The summed E-state index contributed by atoms with van der Waals surface area (Å²) in [7, 11) is 1.75. The zero-order chi connectivity index (χ0) is 31.0. The first-order valence-corrected chi connectivity index (χ1v) is 15.7. The van der Waals surface area contributed by atoms with E-state index in [4.69, 9.17) is 15.9 Å². The summed E-state index contributed by atoms with van der Waals surface area (Å²) in [5.74, 6) is -1.45. The van der Waals surface area contributed by atoms with Crippen molar-refractivity contribution in [3.05, 3.63) is 80.3 Å². The number of guanidine groups is 1. The Bertz CT molecular complexity index is 1600. The molecule has 1 aromatic heterocycles. The lowest BCUT2D eigenvalue weighted by molar-refractivity contribution is -0.123. The van der Waals surface area contributed by atoms with Crippen LogP contribution in [0.15, 0.2) is 42.5 Å². The highest BCUT2D eigenvalue weighted by Gasteiger charge is 2.39. The van der Waals surface area contributed by atoms with Gasteiger partial charge in [-0.3, -0.25) is 15.0 Å². The summed E-state index contributed by atoms with van der Waals surface area (Å²) in [5, 5.41) is 17.4. The number of carboxylic acid groups (broad SMARTS) is 1. The molecule has 2 aromatic carbocycles. The molecule has 11 nitrogen and oxygen atoms in total. The number of anilines is 1. The van der Waals surface area contributed by atoms with E-state index in [2.05, 4.69) is 16.0 Å². The third kappa shape index (κ3) is 5.79. The number of hydrogen-bond donors (Lipinski definition) is 3. The van der Waals surface area contributed by atoms with Gasteiger partial charge in [0.2, 0.25) is 0 Å². The van der Waals surface area contributed by atoms with Gasteiger partial charge in [-0.05, 0) is 54.2 Å². The van der Waals surface area contributed by atoms with E-state index in [1.807, 2.05) is 12.1 Å². The lowest BCUT2D eigenvalue weighted by Crippen LogP contribution is -2.45. The van der Waals surface area contributed by atoms with E-state index >= 15 is 0 Å². The lowest BCUT2D eigenvalue weighted by atomic mass is 9.86. The van der Waals surface area contributed by atoms with Crippen molar-refractivity contribution in [2.45, 2.75) is 50.8 Å². The molecule has 1 fully saturated rings. The van der Waals surface area contributed by atoms with Crippen LogP contribution >= 0.6 is 11.3 Å². The SMILES string of the molecule is COC1CCN(c2cccc3c2CCN(C(=O)c2nc4c(s2)CN(C(=N)N)CC4)C3C(=O)Cc2ccc(C(=O)O)cc2)CC1. The van der Waals surface area contributed by atoms with Crippen LogP contribution in [0, 0.1) is 5.41 Å². The fourth-order valence-electron chi connectivity index (χ4n) is 6.52. The molecule has 1 saturated heterocycles. The topological polar surface area (TPSA) is 153 Å². The van der Waals surface area contributed by atoms with Crippen LogP contribution < -0.4 is 10.6 Å². The number of nitrogens with two attached hydrogens (primary N) is 1. The number of thiazole rings is 1. The Morgan fingerprint density at radius 2 is 1.82 bits per heavy atom. The van der Waals surface area contributed by atoms with Crippen LogP contribution in [0.25, 0.3) is 0 Å². The number of aromatic carboxylic acids is 1. The van der Waals surface area contributed by atoms with Crippen molar-refractivity contribution in [1.29, 1.82) is 5.41 Å². The number of methoxy groups -OCH3 is 1. The Kier molecular flexibility index (Phi) is 8.37. The van der Waals surface area contributed by atoms with Gasteiger partial charge in [-0.2, -0.15) is 0 Å². The van der Waals surface area contributed by atoms with Gasteiger partial charge in [0.05, 0.1) is 23.9 Å². The standard InChI is InChI=1S/C32H36N6O5S/c1-43-21-9-13-36(14-10-21)25-4-2-3-23-22(25)11-16-38(28(23)26(39)17-19-5-7-20(8-6-19)31(41)42)30(40)29-35-24-12-15-37(32(33)34)18-27(24)44-29/h2-8,21,28H,9-18H2,1H3,(H3,33,34)(H,41,42). The van der Waals surface area contributed by atoms with Crippen molar-refractivity contribution in [3.8, 4) is 0 Å². The second-order valence-corrected chi connectivity index (χ2v) is 12.6. The van der Waals surface area contributed by atoms with Crippen molar-refractivity contribution in [2.75, 3.05) is 38.2 Å². The molecule has 0 spiro atoms. The second kappa shape index (κ2) is 12.4. The largest absolute Gasteiger partial charge is 0.478 e. The number of ether oxygens (including phenoxy) is 1. The minimum Gasteiger partial charge on any atom is -0.478 e. The van der Waals surface area contributed by atoms with Crippen LogP contribution in [-0.4, -0.2) is 82.9 Å². The van der Waals surface area contributed by atoms with Crippen molar-refractivity contribution < 1.29 is 24.2 Å². The zero-order valence-electron chi connectivity index (χ0n) is 24.6. The molecule has 3 aromatic rings. The van der Waals surface area contributed by atoms with E-state index in [9.17, 15) is 19.5 Å². The average Bonchev–Trinajstić information content (AvgIpc) is 3.47. The Morgan fingerprint density at radius 3 is 2.50 bits per heavy atom. The first-order valence-electron chi connectivity index (χ1n) is 14.9. The molecule has 0 aliphatic carbocycles. The number of Topliss-reactive ketones (excluding diaryl/α,β-unsaturated/α-hetero) is 1. The third-order valence-electron chi connectivity index (χ3n) is 8.91. The number of amides is 1. The van der Waals surface area contributed by atoms with E-state index in [0.717, 1.165) is 53.3 Å². The summed E-state index contributed by atoms with van der Waals surface area (Å²) in [6.07, 6.45) is 3.36. The minimum absolute atomic E-state index is 0.00568. The fraction of sp³-hybridized carbons (Fsp3) is 0.406. The molecule has 3 aliphatic rings. The zero-order valence-corrected chi connectivity index (χ0v) is 25.4.